The number of halogens is 1. The summed E-state index contributed by atoms with van der Waals surface area (Å²) in [4.78, 5) is 3.80. The summed E-state index contributed by atoms with van der Waals surface area (Å²) in [6.45, 7) is 4.38. The first-order valence-corrected chi connectivity index (χ1v) is 5.04. The van der Waals surface area contributed by atoms with Crippen LogP contribution in [-0.4, -0.2) is 11.0 Å². The van der Waals surface area contributed by atoms with E-state index in [1.54, 1.807) is 6.20 Å². The van der Waals surface area contributed by atoms with Crippen molar-refractivity contribution in [1.82, 2.24) is 4.98 Å². The number of hydrogen-bond donors (Lipinski definition) is 1. The lowest BCUT2D eigenvalue weighted by atomic mass is 10.2. The van der Waals surface area contributed by atoms with E-state index in [4.69, 9.17) is 0 Å². The summed E-state index contributed by atoms with van der Waals surface area (Å²) in [7, 11) is 0. The summed E-state index contributed by atoms with van der Waals surface area (Å²) in [6, 6.07) is 1.89. The number of hydrogen-bond acceptors (Lipinski definition) is 2. The molecule has 0 amide bonds. The van der Waals surface area contributed by atoms with Crippen molar-refractivity contribution in [2.45, 2.75) is 26.3 Å². The van der Waals surface area contributed by atoms with Crippen LogP contribution < -0.4 is 5.32 Å². The van der Waals surface area contributed by atoms with Crippen LogP contribution in [0.15, 0.2) is 18.5 Å². The Morgan fingerprint density at radius 3 is 2.86 bits per heavy atom. The molecule has 0 aromatic carbocycles. The average molecular weight is 194 g/mol. The van der Waals surface area contributed by atoms with Crippen LogP contribution in [-0.2, 0) is 0 Å². The smallest absolute Gasteiger partial charge is 0.143 e. The van der Waals surface area contributed by atoms with Gasteiger partial charge < -0.3 is 5.32 Å². The molecule has 1 aliphatic carbocycles. The van der Waals surface area contributed by atoms with Gasteiger partial charge in [-0.25, -0.2) is 4.39 Å². The summed E-state index contributed by atoms with van der Waals surface area (Å²) in [5.41, 5.74) is 0.775. The van der Waals surface area contributed by atoms with E-state index in [-0.39, 0.29) is 5.82 Å². The number of nitrogens with one attached hydrogen (secondary N) is 1. The number of nitrogens with zero attached hydrogens (tertiary/aromatic N) is 1. The van der Waals surface area contributed by atoms with Gasteiger partial charge in [-0.3, -0.25) is 4.98 Å². The molecule has 2 rings (SSSR count). The Hall–Kier alpha value is -1.12. The van der Waals surface area contributed by atoms with E-state index in [1.165, 1.54) is 18.7 Å². The first-order valence-electron chi connectivity index (χ1n) is 5.04. The molecule has 0 saturated heterocycles. The van der Waals surface area contributed by atoms with Crippen molar-refractivity contribution in [2.24, 2.45) is 11.8 Å². The summed E-state index contributed by atoms with van der Waals surface area (Å²) in [6.07, 6.45) is 4.15. The molecule has 1 aromatic heterocycles. The maximum absolute atomic E-state index is 12.8. The lowest BCUT2D eigenvalue weighted by molar-refractivity contribution is 0.617. The average Bonchev–Trinajstić information content (AvgIpc) is 2.82. The Labute approximate surface area is 83.6 Å². The monoisotopic (exact) mass is 194 g/mol. The molecule has 0 aliphatic heterocycles. The maximum atomic E-state index is 12.8. The normalized spacial score (nSPS) is 27.1. The quantitative estimate of drug-likeness (QED) is 0.800. The van der Waals surface area contributed by atoms with E-state index in [0.29, 0.717) is 6.04 Å². The third-order valence-corrected chi connectivity index (χ3v) is 2.91. The molecule has 1 fully saturated rings. The van der Waals surface area contributed by atoms with Crippen LogP contribution in [0.3, 0.4) is 0 Å². The van der Waals surface area contributed by atoms with Gasteiger partial charge in [0, 0.05) is 12.1 Å². The molecule has 1 N–H and O–H groups in total. The van der Waals surface area contributed by atoms with Gasteiger partial charge in [-0.05, 0) is 25.2 Å². The minimum Gasteiger partial charge on any atom is -0.381 e. The molecule has 3 atom stereocenters. The van der Waals surface area contributed by atoms with Crippen molar-refractivity contribution in [3.8, 4) is 0 Å². The molecule has 1 aromatic rings. The van der Waals surface area contributed by atoms with Crippen molar-refractivity contribution in [3.63, 3.8) is 0 Å². The van der Waals surface area contributed by atoms with Crippen LogP contribution in [0.4, 0.5) is 10.1 Å². The molecule has 3 unspecified atom stereocenters. The Balaban J connectivity index is 1.96. The molecule has 1 saturated carbocycles. The van der Waals surface area contributed by atoms with Gasteiger partial charge in [0.1, 0.15) is 5.82 Å². The fraction of sp³-hybridized carbons (Fsp3) is 0.545. The van der Waals surface area contributed by atoms with E-state index in [0.717, 1.165) is 17.5 Å². The number of pyridine rings is 1. The van der Waals surface area contributed by atoms with Gasteiger partial charge >= 0.3 is 0 Å². The molecule has 76 valence electrons. The van der Waals surface area contributed by atoms with Gasteiger partial charge in [0.2, 0.25) is 0 Å². The largest absolute Gasteiger partial charge is 0.381 e. The van der Waals surface area contributed by atoms with Crippen LogP contribution >= 0.6 is 0 Å². The second-order valence-corrected chi connectivity index (χ2v) is 4.20. The van der Waals surface area contributed by atoms with Crippen molar-refractivity contribution in [1.29, 1.82) is 0 Å². The molecular formula is C11H15FN2. The third kappa shape index (κ3) is 2.03. The number of anilines is 1. The Morgan fingerprint density at radius 1 is 1.57 bits per heavy atom. The Morgan fingerprint density at radius 2 is 2.29 bits per heavy atom. The van der Waals surface area contributed by atoms with Crippen molar-refractivity contribution in [2.75, 3.05) is 5.32 Å². The highest BCUT2D eigenvalue weighted by atomic mass is 19.1. The second-order valence-electron chi connectivity index (χ2n) is 4.20. The molecule has 1 aliphatic rings. The van der Waals surface area contributed by atoms with Gasteiger partial charge in [-0.1, -0.05) is 6.92 Å². The summed E-state index contributed by atoms with van der Waals surface area (Å²) >= 11 is 0. The van der Waals surface area contributed by atoms with E-state index in [2.05, 4.69) is 24.1 Å². The van der Waals surface area contributed by atoms with Crippen molar-refractivity contribution in [3.05, 3.63) is 24.3 Å². The Bertz CT molecular complexity index is 327. The molecule has 1 heterocycles. The molecule has 0 spiro atoms. The first-order chi connectivity index (χ1) is 6.66. The van der Waals surface area contributed by atoms with Crippen LogP contribution in [0, 0.1) is 17.7 Å². The van der Waals surface area contributed by atoms with Gasteiger partial charge in [0.05, 0.1) is 18.1 Å². The SMILES string of the molecule is CC1CC1C(C)Nc1cncc(F)c1. The van der Waals surface area contributed by atoms with E-state index < -0.39 is 0 Å². The fourth-order valence-corrected chi connectivity index (χ4v) is 1.91. The number of rotatable bonds is 3. The summed E-state index contributed by atoms with van der Waals surface area (Å²) in [5.74, 6) is 1.25. The zero-order valence-corrected chi connectivity index (χ0v) is 8.50. The third-order valence-electron chi connectivity index (χ3n) is 2.91. The van der Waals surface area contributed by atoms with E-state index >= 15 is 0 Å². The molecule has 0 bridgehead atoms. The Kier molecular flexibility index (Phi) is 2.40. The molecule has 0 radical (unpaired) electrons. The minimum atomic E-state index is -0.286. The fourth-order valence-electron chi connectivity index (χ4n) is 1.91. The summed E-state index contributed by atoms with van der Waals surface area (Å²) < 4.78 is 12.8. The van der Waals surface area contributed by atoms with Gasteiger partial charge in [-0.2, -0.15) is 0 Å². The van der Waals surface area contributed by atoms with Crippen LogP contribution in [0.5, 0.6) is 0 Å². The minimum absolute atomic E-state index is 0.286. The highest BCUT2D eigenvalue weighted by molar-refractivity contribution is 5.41. The maximum Gasteiger partial charge on any atom is 0.143 e. The van der Waals surface area contributed by atoms with Crippen LogP contribution in [0.2, 0.25) is 0 Å². The van der Waals surface area contributed by atoms with Crippen molar-refractivity contribution < 1.29 is 4.39 Å². The zero-order valence-electron chi connectivity index (χ0n) is 8.50. The predicted molar refractivity (Wildman–Crippen MR) is 54.6 cm³/mol. The second kappa shape index (κ2) is 3.56. The highest BCUT2D eigenvalue weighted by Crippen LogP contribution is 2.41. The zero-order chi connectivity index (χ0) is 10.1. The molecule has 2 nitrogen and oxygen atoms in total. The summed E-state index contributed by atoms with van der Waals surface area (Å²) in [5, 5.41) is 3.27. The molecule has 14 heavy (non-hydrogen) atoms. The van der Waals surface area contributed by atoms with Gasteiger partial charge in [-0.15, -0.1) is 0 Å². The number of aromatic nitrogens is 1. The van der Waals surface area contributed by atoms with E-state index in [9.17, 15) is 4.39 Å². The lowest BCUT2D eigenvalue weighted by Gasteiger charge is -2.14. The molecular weight excluding hydrogens is 179 g/mol. The standard InChI is InChI=1S/C11H15FN2/c1-7-3-11(7)8(2)14-10-4-9(12)5-13-6-10/h4-8,11,14H,3H2,1-2H3. The van der Waals surface area contributed by atoms with E-state index in [1.807, 2.05) is 0 Å². The first kappa shape index (κ1) is 9.44. The predicted octanol–water partition coefficient (Wildman–Crippen LogP) is 2.68. The van der Waals surface area contributed by atoms with Crippen LogP contribution in [0.1, 0.15) is 20.3 Å². The highest BCUT2D eigenvalue weighted by Gasteiger charge is 2.37. The topological polar surface area (TPSA) is 24.9 Å². The van der Waals surface area contributed by atoms with Crippen LogP contribution in [0.25, 0.3) is 0 Å². The van der Waals surface area contributed by atoms with Gasteiger partial charge in [0.15, 0.2) is 0 Å². The van der Waals surface area contributed by atoms with Gasteiger partial charge in [0.25, 0.3) is 0 Å². The lowest BCUT2D eigenvalue weighted by Crippen LogP contribution is -2.18. The van der Waals surface area contributed by atoms with Crippen molar-refractivity contribution >= 4 is 5.69 Å². The molecule has 3 heteroatoms.